The van der Waals surface area contributed by atoms with Gasteiger partial charge in [0.1, 0.15) is 0 Å². The van der Waals surface area contributed by atoms with Gasteiger partial charge in [0.25, 0.3) is 0 Å². The van der Waals surface area contributed by atoms with E-state index in [9.17, 15) is 0 Å². The van der Waals surface area contributed by atoms with Crippen molar-refractivity contribution in [1.82, 2.24) is 0 Å². The standard InChI is InChI=1S/C11H15N/c1-2-4-9-5-3-6-10-7-8-12-11(9)10/h3,5-6,12H,2,4,7-8H2,1H3. The van der Waals surface area contributed by atoms with Crippen molar-refractivity contribution in [1.29, 1.82) is 0 Å². The Bertz CT molecular complexity index is 278. The van der Waals surface area contributed by atoms with E-state index >= 15 is 0 Å². The van der Waals surface area contributed by atoms with Gasteiger partial charge in [-0.25, -0.2) is 0 Å². The molecule has 0 unspecified atom stereocenters. The van der Waals surface area contributed by atoms with E-state index in [4.69, 9.17) is 0 Å². The zero-order valence-corrected chi connectivity index (χ0v) is 7.56. The Kier molecular flexibility index (Phi) is 2.03. The summed E-state index contributed by atoms with van der Waals surface area (Å²) in [5.41, 5.74) is 4.41. The highest BCUT2D eigenvalue weighted by atomic mass is 14.9. The summed E-state index contributed by atoms with van der Waals surface area (Å²) in [5, 5.41) is 3.45. The van der Waals surface area contributed by atoms with Crippen molar-refractivity contribution in [2.75, 3.05) is 11.9 Å². The molecule has 1 N–H and O–H groups in total. The SMILES string of the molecule is CCCc1cccc2c1NCC2. The van der Waals surface area contributed by atoms with Crippen LogP contribution in [0.4, 0.5) is 5.69 Å². The van der Waals surface area contributed by atoms with E-state index in [1.807, 2.05) is 0 Å². The number of aryl methyl sites for hydroxylation is 1. The predicted octanol–water partition coefficient (Wildman–Crippen LogP) is 2.61. The van der Waals surface area contributed by atoms with Gasteiger partial charge in [-0.2, -0.15) is 0 Å². The van der Waals surface area contributed by atoms with Gasteiger partial charge >= 0.3 is 0 Å². The lowest BCUT2D eigenvalue weighted by Gasteiger charge is -2.06. The number of para-hydroxylation sites is 1. The van der Waals surface area contributed by atoms with Crippen molar-refractivity contribution >= 4 is 5.69 Å². The number of hydrogen-bond acceptors (Lipinski definition) is 1. The van der Waals surface area contributed by atoms with E-state index in [1.54, 1.807) is 0 Å². The van der Waals surface area contributed by atoms with Crippen molar-refractivity contribution in [3.63, 3.8) is 0 Å². The van der Waals surface area contributed by atoms with Gasteiger partial charge in [0.2, 0.25) is 0 Å². The van der Waals surface area contributed by atoms with Gasteiger partial charge < -0.3 is 5.32 Å². The fourth-order valence-corrected chi connectivity index (χ4v) is 1.89. The molecule has 64 valence electrons. The number of nitrogens with one attached hydrogen (secondary N) is 1. The van der Waals surface area contributed by atoms with E-state index in [1.165, 1.54) is 36.1 Å². The van der Waals surface area contributed by atoms with Crippen molar-refractivity contribution < 1.29 is 0 Å². The molecule has 12 heavy (non-hydrogen) atoms. The van der Waals surface area contributed by atoms with Gasteiger partial charge in [-0.15, -0.1) is 0 Å². The molecular weight excluding hydrogens is 146 g/mol. The fourth-order valence-electron chi connectivity index (χ4n) is 1.89. The monoisotopic (exact) mass is 161 g/mol. The van der Waals surface area contributed by atoms with Crippen molar-refractivity contribution in [2.24, 2.45) is 0 Å². The number of rotatable bonds is 2. The molecule has 0 aliphatic carbocycles. The highest BCUT2D eigenvalue weighted by Gasteiger charge is 2.12. The first kappa shape index (κ1) is 7.66. The van der Waals surface area contributed by atoms with E-state index in [-0.39, 0.29) is 0 Å². The van der Waals surface area contributed by atoms with Crippen LogP contribution in [0.2, 0.25) is 0 Å². The Morgan fingerprint density at radius 1 is 1.42 bits per heavy atom. The molecular formula is C11H15N. The van der Waals surface area contributed by atoms with Crippen LogP contribution < -0.4 is 5.32 Å². The van der Waals surface area contributed by atoms with Gasteiger partial charge in [-0.05, 0) is 24.0 Å². The van der Waals surface area contributed by atoms with Crippen LogP contribution in [0.15, 0.2) is 18.2 Å². The average Bonchev–Trinajstić information content (AvgIpc) is 2.53. The minimum Gasteiger partial charge on any atom is -0.384 e. The maximum absolute atomic E-state index is 3.45. The summed E-state index contributed by atoms with van der Waals surface area (Å²) >= 11 is 0. The molecule has 0 saturated carbocycles. The Morgan fingerprint density at radius 3 is 3.17 bits per heavy atom. The van der Waals surface area contributed by atoms with Crippen LogP contribution in [0.25, 0.3) is 0 Å². The second-order valence-electron chi connectivity index (χ2n) is 3.38. The minimum atomic E-state index is 1.12. The number of fused-ring (bicyclic) bond motifs is 1. The second-order valence-corrected chi connectivity index (χ2v) is 3.38. The van der Waals surface area contributed by atoms with Crippen LogP contribution in [-0.2, 0) is 12.8 Å². The lowest BCUT2D eigenvalue weighted by atomic mass is 10.0. The molecule has 0 saturated heterocycles. The van der Waals surface area contributed by atoms with Crippen LogP contribution in [0, 0.1) is 0 Å². The summed E-state index contributed by atoms with van der Waals surface area (Å²) in [6.07, 6.45) is 3.64. The lowest BCUT2D eigenvalue weighted by Crippen LogP contribution is -1.95. The first-order chi connectivity index (χ1) is 5.92. The smallest absolute Gasteiger partial charge is 0.0406 e. The van der Waals surface area contributed by atoms with Gasteiger partial charge in [0.15, 0.2) is 0 Å². The Balaban J connectivity index is 2.36. The van der Waals surface area contributed by atoms with E-state index in [0.717, 1.165) is 6.54 Å². The molecule has 1 heteroatoms. The summed E-state index contributed by atoms with van der Waals surface area (Å²) in [5.74, 6) is 0. The van der Waals surface area contributed by atoms with Crippen molar-refractivity contribution in [2.45, 2.75) is 26.2 Å². The summed E-state index contributed by atoms with van der Waals surface area (Å²) < 4.78 is 0. The van der Waals surface area contributed by atoms with Gasteiger partial charge in [0.05, 0.1) is 0 Å². The van der Waals surface area contributed by atoms with E-state index < -0.39 is 0 Å². The highest BCUT2D eigenvalue weighted by Crippen LogP contribution is 2.26. The van der Waals surface area contributed by atoms with Crippen LogP contribution in [0.5, 0.6) is 0 Å². The van der Waals surface area contributed by atoms with Gasteiger partial charge in [0, 0.05) is 12.2 Å². The summed E-state index contributed by atoms with van der Waals surface area (Å²) in [6.45, 7) is 3.35. The molecule has 0 radical (unpaired) electrons. The third kappa shape index (κ3) is 1.20. The summed E-state index contributed by atoms with van der Waals surface area (Å²) in [7, 11) is 0. The molecule has 0 fully saturated rings. The maximum Gasteiger partial charge on any atom is 0.0406 e. The van der Waals surface area contributed by atoms with E-state index in [0.29, 0.717) is 0 Å². The molecule has 1 heterocycles. The third-order valence-electron chi connectivity index (χ3n) is 2.45. The largest absolute Gasteiger partial charge is 0.384 e. The first-order valence-corrected chi connectivity index (χ1v) is 4.76. The number of hydrogen-bond donors (Lipinski definition) is 1. The molecule has 1 aromatic rings. The maximum atomic E-state index is 3.45. The Labute approximate surface area is 73.8 Å². The molecule has 1 aromatic carbocycles. The predicted molar refractivity (Wildman–Crippen MR) is 52.6 cm³/mol. The van der Waals surface area contributed by atoms with E-state index in [2.05, 4.69) is 30.4 Å². The molecule has 0 bridgehead atoms. The molecule has 0 spiro atoms. The minimum absolute atomic E-state index is 1.12. The summed E-state index contributed by atoms with van der Waals surface area (Å²) in [4.78, 5) is 0. The Hall–Kier alpha value is -0.980. The lowest BCUT2D eigenvalue weighted by molar-refractivity contribution is 0.923. The molecule has 1 aliphatic heterocycles. The molecule has 0 atom stereocenters. The Morgan fingerprint density at radius 2 is 2.33 bits per heavy atom. The summed E-state index contributed by atoms with van der Waals surface area (Å²) in [6, 6.07) is 6.64. The van der Waals surface area contributed by atoms with Crippen molar-refractivity contribution in [3.05, 3.63) is 29.3 Å². The van der Waals surface area contributed by atoms with Gasteiger partial charge in [-0.1, -0.05) is 31.5 Å². The van der Waals surface area contributed by atoms with Crippen LogP contribution >= 0.6 is 0 Å². The molecule has 1 aliphatic rings. The quantitative estimate of drug-likeness (QED) is 0.703. The normalized spacial score (nSPS) is 14.1. The van der Waals surface area contributed by atoms with Crippen molar-refractivity contribution in [3.8, 4) is 0 Å². The zero-order valence-electron chi connectivity index (χ0n) is 7.56. The number of anilines is 1. The molecule has 1 nitrogen and oxygen atoms in total. The second kappa shape index (κ2) is 3.18. The van der Waals surface area contributed by atoms with Crippen LogP contribution in [0.3, 0.4) is 0 Å². The number of benzene rings is 1. The molecule has 0 amide bonds. The highest BCUT2D eigenvalue weighted by molar-refractivity contribution is 5.61. The first-order valence-electron chi connectivity index (χ1n) is 4.76. The topological polar surface area (TPSA) is 12.0 Å². The molecule has 0 aromatic heterocycles. The van der Waals surface area contributed by atoms with Crippen LogP contribution in [-0.4, -0.2) is 6.54 Å². The zero-order chi connectivity index (χ0) is 8.39. The third-order valence-corrected chi connectivity index (χ3v) is 2.45. The fraction of sp³-hybridized carbons (Fsp3) is 0.455. The van der Waals surface area contributed by atoms with Gasteiger partial charge in [-0.3, -0.25) is 0 Å². The molecule has 2 rings (SSSR count). The average molecular weight is 161 g/mol. The van der Waals surface area contributed by atoms with Crippen LogP contribution in [0.1, 0.15) is 24.5 Å².